The number of hydrogen-bond donors (Lipinski definition) is 4. The highest BCUT2D eigenvalue weighted by molar-refractivity contribution is 8.02. The van der Waals surface area contributed by atoms with E-state index in [2.05, 4.69) is 21.3 Å². The number of thioether (sulfide) groups is 1. The molecule has 2 rings (SSSR count). The minimum atomic E-state index is -0.509. The number of amides is 4. The van der Waals surface area contributed by atoms with Crippen molar-refractivity contribution in [1.29, 1.82) is 5.26 Å². The summed E-state index contributed by atoms with van der Waals surface area (Å²) in [6.45, 7) is 4.88. The fourth-order valence-corrected chi connectivity index (χ4v) is 4.16. The van der Waals surface area contributed by atoms with Crippen LogP contribution >= 0.6 is 11.8 Å². The monoisotopic (exact) mass is 513 g/mol. The number of carbonyl (C=O) groups is 4. The van der Waals surface area contributed by atoms with Crippen LogP contribution in [0.1, 0.15) is 20.3 Å². The number of hydrogen-bond acceptors (Lipinski definition) is 8. The number of nitrogens with zero attached hydrogens (tertiary/aromatic N) is 3. The second-order valence-corrected chi connectivity index (χ2v) is 8.41. The largest absolute Gasteiger partial charge is 0.362 e. The minimum Gasteiger partial charge on any atom is -0.362 e. The number of likely N-dealkylation sites (N-methyl/N-ethyl adjacent to an activating group) is 1. The fourth-order valence-electron chi connectivity index (χ4n) is 3.37. The number of anilines is 2. The predicted molar refractivity (Wildman–Crippen MR) is 139 cm³/mol. The van der Waals surface area contributed by atoms with Crippen LogP contribution in [0.2, 0.25) is 0 Å². The number of nitriles is 1. The summed E-state index contributed by atoms with van der Waals surface area (Å²) in [4.78, 5) is 51.6. The molecule has 12 heteroatoms. The summed E-state index contributed by atoms with van der Waals surface area (Å²) < 4.78 is 0. The molecule has 0 atom stereocenters. The van der Waals surface area contributed by atoms with Gasteiger partial charge in [0.15, 0.2) is 0 Å². The second kappa shape index (κ2) is 14.6. The number of benzene rings is 1. The zero-order valence-corrected chi connectivity index (χ0v) is 21.4. The lowest BCUT2D eigenvalue weighted by molar-refractivity contribution is -0.127. The average molecular weight is 514 g/mol. The maximum absolute atomic E-state index is 12.8. The van der Waals surface area contributed by atoms with E-state index in [4.69, 9.17) is 0 Å². The lowest BCUT2D eigenvalue weighted by Gasteiger charge is -2.23. The van der Waals surface area contributed by atoms with E-state index in [-0.39, 0.29) is 42.8 Å². The van der Waals surface area contributed by atoms with Gasteiger partial charge in [-0.05, 0) is 44.5 Å². The van der Waals surface area contributed by atoms with Crippen molar-refractivity contribution in [3.63, 3.8) is 0 Å². The Morgan fingerprint density at radius 3 is 2.64 bits per heavy atom. The summed E-state index contributed by atoms with van der Waals surface area (Å²) in [5, 5.41) is 20.9. The van der Waals surface area contributed by atoms with Crippen molar-refractivity contribution in [3.05, 3.63) is 47.1 Å². The summed E-state index contributed by atoms with van der Waals surface area (Å²) >= 11 is 1.17. The second-order valence-electron chi connectivity index (χ2n) is 7.62. The van der Waals surface area contributed by atoms with Crippen LogP contribution in [0.3, 0.4) is 0 Å². The Balaban J connectivity index is 1.95. The Bertz CT molecular complexity index is 1080. The molecule has 1 aromatic rings. The Morgan fingerprint density at radius 1 is 1.28 bits per heavy atom. The van der Waals surface area contributed by atoms with Gasteiger partial charge in [0, 0.05) is 30.9 Å². The molecule has 0 radical (unpaired) electrons. The summed E-state index contributed by atoms with van der Waals surface area (Å²) in [5.41, 5.74) is 1.21. The van der Waals surface area contributed by atoms with Crippen molar-refractivity contribution < 1.29 is 19.2 Å². The third kappa shape index (κ3) is 8.44. The molecule has 36 heavy (non-hydrogen) atoms. The maximum atomic E-state index is 12.8. The molecular weight excluding hydrogens is 482 g/mol. The molecule has 0 saturated carbocycles. The van der Waals surface area contributed by atoms with Crippen LogP contribution in [0.4, 0.5) is 11.4 Å². The molecule has 4 N–H and O–H groups in total. The molecule has 11 nitrogen and oxygen atoms in total. The quantitative estimate of drug-likeness (QED) is 0.242. The zero-order valence-electron chi connectivity index (χ0n) is 20.6. The number of nitrogens with one attached hydrogen (secondary N) is 4. The van der Waals surface area contributed by atoms with E-state index in [1.54, 1.807) is 55.5 Å². The molecule has 1 aliphatic heterocycles. The van der Waals surface area contributed by atoms with Crippen LogP contribution < -0.4 is 21.3 Å². The Hall–Kier alpha value is -3.82. The molecule has 1 saturated heterocycles. The van der Waals surface area contributed by atoms with Crippen molar-refractivity contribution in [3.8, 4) is 6.07 Å². The van der Waals surface area contributed by atoms with Gasteiger partial charge in [0.2, 0.25) is 17.7 Å². The summed E-state index contributed by atoms with van der Waals surface area (Å²) in [6, 6.07) is 8.99. The highest BCUT2D eigenvalue weighted by atomic mass is 32.2. The zero-order chi connectivity index (χ0) is 26.5. The standard InChI is InChI=1S/C24H31N7O4S/c1-4-26-23(35)19(13-25)24(36-3)31(5-2)22(34)10-7-11-27-17-8-6-9-18(12-17)29-21(33)15-30-14-20(32)28-16-30/h6-9,11-12,27H,4-5,10,14-16H2,1-3H3,(H,26,35)(H,28,32)(H,29,33)/b11-7-,24-19-. The van der Waals surface area contributed by atoms with Crippen molar-refractivity contribution in [2.45, 2.75) is 20.3 Å². The van der Waals surface area contributed by atoms with Gasteiger partial charge in [0.05, 0.1) is 19.8 Å². The van der Waals surface area contributed by atoms with E-state index in [1.165, 1.54) is 16.7 Å². The van der Waals surface area contributed by atoms with Crippen LogP contribution in [0.15, 0.2) is 47.1 Å². The molecule has 0 spiro atoms. The third-order valence-electron chi connectivity index (χ3n) is 4.99. The normalized spacial score (nSPS) is 14.0. The molecule has 1 aliphatic rings. The van der Waals surface area contributed by atoms with Gasteiger partial charge in [-0.2, -0.15) is 5.26 Å². The summed E-state index contributed by atoms with van der Waals surface area (Å²) in [5.74, 6) is -1.10. The molecule has 0 aromatic heterocycles. The van der Waals surface area contributed by atoms with Gasteiger partial charge in [-0.1, -0.05) is 12.1 Å². The SMILES string of the molecule is CCNC(=O)/C(C#N)=C(\SC)N(CC)C(=O)C/C=C\Nc1cccc(NC(=O)CN2CNC(=O)C2)c1. The maximum Gasteiger partial charge on any atom is 0.264 e. The van der Waals surface area contributed by atoms with Gasteiger partial charge in [0.25, 0.3) is 5.91 Å². The van der Waals surface area contributed by atoms with Gasteiger partial charge in [0.1, 0.15) is 16.7 Å². The van der Waals surface area contributed by atoms with Gasteiger partial charge in [-0.25, -0.2) is 0 Å². The molecule has 0 bridgehead atoms. The first-order valence-corrected chi connectivity index (χ1v) is 12.6. The Morgan fingerprint density at radius 2 is 2.03 bits per heavy atom. The van der Waals surface area contributed by atoms with Crippen LogP contribution in [0.25, 0.3) is 0 Å². The molecule has 1 heterocycles. The molecule has 192 valence electrons. The van der Waals surface area contributed by atoms with Gasteiger partial charge in [-0.15, -0.1) is 11.8 Å². The summed E-state index contributed by atoms with van der Waals surface area (Å²) in [6.07, 6.45) is 5.03. The fraction of sp³-hybridized carbons (Fsp3) is 0.375. The highest BCUT2D eigenvalue weighted by Gasteiger charge is 2.23. The van der Waals surface area contributed by atoms with Crippen molar-refractivity contribution in [1.82, 2.24) is 20.4 Å². The molecule has 0 unspecified atom stereocenters. The molecule has 4 amide bonds. The first-order chi connectivity index (χ1) is 17.3. The van der Waals surface area contributed by atoms with Crippen LogP contribution in [-0.4, -0.2) is 72.5 Å². The van der Waals surface area contributed by atoms with E-state index < -0.39 is 5.91 Å². The van der Waals surface area contributed by atoms with E-state index in [0.29, 0.717) is 36.2 Å². The van der Waals surface area contributed by atoms with Crippen LogP contribution in [0.5, 0.6) is 0 Å². The molecule has 1 fully saturated rings. The van der Waals surface area contributed by atoms with Crippen LogP contribution in [0, 0.1) is 11.3 Å². The van der Waals surface area contributed by atoms with Gasteiger partial charge >= 0.3 is 0 Å². The predicted octanol–water partition coefficient (Wildman–Crippen LogP) is 1.41. The molecule has 1 aromatic carbocycles. The van der Waals surface area contributed by atoms with Crippen molar-refractivity contribution >= 4 is 46.8 Å². The lowest BCUT2D eigenvalue weighted by atomic mass is 10.2. The van der Waals surface area contributed by atoms with Gasteiger partial charge in [-0.3, -0.25) is 24.1 Å². The lowest BCUT2D eigenvalue weighted by Crippen LogP contribution is -2.33. The first-order valence-electron chi connectivity index (χ1n) is 11.4. The first kappa shape index (κ1) is 28.4. The summed E-state index contributed by atoms with van der Waals surface area (Å²) in [7, 11) is 0. The minimum absolute atomic E-state index is 0.0536. The molecular formula is C24H31N7O4S. The molecule has 0 aliphatic carbocycles. The smallest absolute Gasteiger partial charge is 0.264 e. The van der Waals surface area contributed by atoms with Crippen molar-refractivity contribution in [2.24, 2.45) is 0 Å². The topological polar surface area (TPSA) is 147 Å². The van der Waals surface area contributed by atoms with E-state index >= 15 is 0 Å². The van der Waals surface area contributed by atoms with E-state index in [1.807, 2.05) is 12.1 Å². The highest BCUT2D eigenvalue weighted by Crippen LogP contribution is 2.23. The van der Waals surface area contributed by atoms with Crippen molar-refractivity contribution in [2.75, 3.05) is 49.7 Å². The number of rotatable bonds is 12. The Labute approximate surface area is 214 Å². The third-order valence-corrected chi connectivity index (χ3v) is 5.80. The van der Waals surface area contributed by atoms with E-state index in [0.717, 1.165) is 0 Å². The Kier molecular flexibility index (Phi) is 11.5. The van der Waals surface area contributed by atoms with Crippen LogP contribution in [-0.2, 0) is 19.2 Å². The van der Waals surface area contributed by atoms with E-state index in [9.17, 15) is 24.4 Å². The van der Waals surface area contributed by atoms with Gasteiger partial charge < -0.3 is 26.2 Å². The number of carbonyl (C=O) groups excluding carboxylic acids is 4. The average Bonchev–Trinajstić information content (AvgIpc) is 3.26.